The van der Waals surface area contributed by atoms with E-state index in [-0.39, 0.29) is 17.5 Å². The van der Waals surface area contributed by atoms with Crippen LogP contribution < -0.4 is 16.0 Å². The number of rotatable bonds is 11. The Kier molecular flexibility index (Phi) is 10.5. The summed E-state index contributed by atoms with van der Waals surface area (Å²) in [6.07, 6.45) is 2.02. The predicted octanol–water partition coefficient (Wildman–Crippen LogP) is 4.55. The number of pyridine rings is 1. The predicted molar refractivity (Wildman–Crippen MR) is 179 cm³/mol. The lowest BCUT2D eigenvalue weighted by molar-refractivity contribution is 0.100. The number of benzene rings is 2. The van der Waals surface area contributed by atoms with Crippen molar-refractivity contribution in [1.82, 2.24) is 24.8 Å². The van der Waals surface area contributed by atoms with Crippen LogP contribution in [0.4, 0.5) is 11.4 Å². The Labute approximate surface area is 274 Å². The summed E-state index contributed by atoms with van der Waals surface area (Å²) in [5, 5.41) is 19.0. The maximum Gasteiger partial charge on any atom is 0.291 e. The number of carbonyl (C=O) groups is 2. The molecule has 1 aliphatic rings. The zero-order valence-corrected chi connectivity index (χ0v) is 27.5. The number of amides is 2. The van der Waals surface area contributed by atoms with Gasteiger partial charge in [0.05, 0.1) is 29.1 Å². The van der Waals surface area contributed by atoms with Crippen molar-refractivity contribution in [3.63, 3.8) is 0 Å². The monoisotopic (exact) mass is 645 g/mol. The molecule has 0 saturated heterocycles. The lowest BCUT2D eigenvalue weighted by atomic mass is 9.98. The second-order valence-electron chi connectivity index (χ2n) is 11.7. The normalized spacial score (nSPS) is 13.7. The van der Waals surface area contributed by atoms with Crippen molar-refractivity contribution in [2.45, 2.75) is 46.1 Å². The van der Waals surface area contributed by atoms with Crippen molar-refractivity contribution in [3.8, 4) is 11.1 Å². The SMILES string of the molecule is COCc1cc(C(=O)Nc2cccc(-c3cccc(NC(=O)c4nc5c(n4C)CCN(C)C5)c3Cl)c2C)ncc1CNC[C@H](C)O. The number of anilines is 2. The molecule has 0 fully saturated rings. The molecule has 0 aliphatic carbocycles. The number of hydrogen-bond donors (Lipinski definition) is 4. The summed E-state index contributed by atoms with van der Waals surface area (Å²) in [7, 11) is 5.50. The van der Waals surface area contributed by atoms with Gasteiger partial charge in [-0.1, -0.05) is 35.9 Å². The molecule has 1 atom stereocenters. The largest absolute Gasteiger partial charge is 0.392 e. The first-order chi connectivity index (χ1) is 22.1. The lowest BCUT2D eigenvalue weighted by Crippen LogP contribution is -2.27. The van der Waals surface area contributed by atoms with E-state index in [0.717, 1.165) is 46.6 Å². The molecule has 4 N–H and O–H groups in total. The van der Waals surface area contributed by atoms with Crippen molar-refractivity contribution in [2.75, 3.05) is 37.9 Å². The highest BCUT2D eigenvalue weighted by atomic mass is 35.5. The Morgan fingerprint density at radius 2 is 1.78 bits per heavy atom. The molecule has 242 valence electrons. The number of hydrogen-bond acceptors (Lipinski definition) is 8. The van der Waals surface area contributed by atoms with Gasteiger partial charge in [-0.25, -0.2) is 4.98 Å². The van der Waals surface area contributed by atoms with Crippen LogP contribution in [0.15, 0.2) is 48.7 Å². The fourth-order valence-corrected chi connectivity index (χ4v) is 5.92. The summed E-state index contributed by atoms with van der Waals surface area (Å²) in [6, 6.07) is 12.8. The summed E-state index contributed by atoms with van der Waals surface area (Å²) in [5.41, 5.74) is 7.35. The molecule has 0 saturated carbocycles. The van der Waals surface area contributed by atoms with Gasteiger partial charge in [-0.2, -0.15) is 0 Å². The van der Waals surface area contributed by atoms with Crippen molar-refractivity contribution >= 4 is 34.8 Å². The van der Waals surface area contributed by atoms with Crippen LogP contribution in [0.1, 0.15) is 56.1 Å². The first-order valence-electron chi connectivity index (χ1n) is 15.2. The van der Waals surface area contributed by atoms with E-state index in [2.05, 4.69) is 30.8 Å². The van der Waals surface area contributed by atoms with Crippen molar-refractivity contribution in [3.05, 3.63) is 93.3 Å². The summed E-state index contributed by atoms with van der Waals surface area (Å²) >= 11 is 6.90. The average Bonchev–Trinajstić information content (AvgIpc) is 3.35. The molecule has 0 radical (unpaired) electrons. The van der Waals surface area contributed by atoms with Gasteiger partial charge < -0.3 is 35.3 Å². The van der Waals surface area contributed by atoms with Crippen LogP contribution in [0.2, 0.25) is 5.02 Å². The number of nitrogens with one attached hydrogen (secondary N) is 3. The number of methoxy groups -OCH3 is 1. The van der Waals surface area contributed by atoms with E-state index < -0.39 is 6.10 Å². The van der Waals surface area contributed by atoms with Crippen molar-refractivity contribution in [2.24, 2.45) is 7.05 Å². The molecule has 0 spiro atoms. The number of imidazole rings is 1. The zero-order chi connectivity index (χ0) is 33.0. The Bertz CT molecular complexity index is 1750. The molecule has 12 heteroatoms. The summed E-state index contributed by atoms with van der Waals surface area (Å²) < 4.78 is 7.21. The third kappa shape index (κ3) is 7.30. The second-order valence-corrected chi connectivity index (χ2v) is 12.1. The smallest absolute Gasteiger partial charge is 0.291 e. The average molecular weight is 646 g/mol. The number of ether oxygens (including phenoxy) is 1. The van der Waals surface area contributed by atoms with Crippen molar-refractivity contribution in [1.29, 1.82) is 0 Å². The molecular formula is C34H40ClN7O4. The maximum absolute atomic E-state index is 13.3. The van der Waals surface area contributed by atoms with Crippen LogP contribution in [0.3, 0.4) is 0 Å². The van der Waals surface area contributed by atoms with Crippen LogP contribution in [0, 0.1) is 6.92 Å². The van der Waals surface area contributed by atoms with Crippen LogP contribution >= 0.6 is 11.6 Å². The number of nitrogens with zero attached hydrogens (tertiary/aromatic N) is 4. The summed E-state index contributed by atoms with van der Waals surface area (Å²) in [5.74, 6) is -0.354. The Morgan fingerprint density at radius 3 is 2.52 bits per heavy atom. The number of aliphatic hydroxyl groups is 1. The van der Waals surface area contributed by atoms with Gasteiger partial charge in [0.1, 0.15) is 5.69 Å². The molecule has 3 heterocycles. The third-order valence-electron chi connectivity index (χ3n) is 8.14. The number of carbonyl (C=O) groups excluding carboxylic acids is 2. The molecule has 2 amide bonds. The zero-order valence-electron chi connectivity index (χ0n) is 26.8. The van der Waals surface area contributed by atoms with Crippen LogP contribution in [-0.4, -0.2) is 69.7 Å². The van der Waals surface area contributed by atoms with Gasteiger partial charge in [0.15, 0.2) is 5.82 Å². The van der Waals surface area contributed by atoms with Gasteiger partial charge in [-0.15, -0.1) is 0 Å². The number of aromatic nitrogens is 3. The highest BCUT2D eigenvalue weighted by molar-refractivity contribution is 6.36. The lowest BCUT2D eigenvalue weighted by Gasteiger charge is -2.21. The fourth-order valence-electron chi connectivity index (χ4n) is 5.64. The first-order valence-corrected chi connectivity index (χ1v) is 15.5. The van der Waals surface area contributed by atoms with E-state index in [1.54, 1.807) is 32.4 Å². The molecule has 46 heavy (non-hydrogen) atoms. The van der Waals surface area contributed by atoms with Crippen molar-refractivity contribution < 1.29 is 19.4 Å². The molecule has 1 aliphatic heterocycles. The van der Waals surface area contributed by atoms with Gasteiger partial charge in [-0.05, 0) is 61.3 Å². The molecule has 4 aromatic rings. The van der Waals surface area contributed by atoms with Gasteiger partial charge in [0.2, 0.25) is 0 Å². The number of likely N-dealkylation sites (N-methyl/N-ethyl adjacent to an activating group) is 1. The Balaban J connectivity index is 1.35. The van der Waals surface area contributed by atoms with Gasteiger partial charge in [0.25, 0.3) is 11.8 Å². The minimum Gasteiger partial charge on any atom is -0.392 e. The molecule has 0 bridgehead atoms. The quantitative estimate of drug-likeness (QED) is 0.187. The van der Waals surface area contributed by atoms with Crippen LogP contribution in [0.25, 0.3) is 11.1 Å². The molecule has 2 aromatic heterocycles. The summed E-state index contributed by atoms with van der Waals surface area (Å²) in [6.45, 7) is 6.48. The Hall–Kier alpha value is -4.13. The number of fused-ring (bicyclic) bond motifs is 1. The number of halogens is 1. The van der Waals surface area contributed by atoms with E-state index in [1.807, 2.05) is 55.9 Å². The molecular weight excluding hydrogens is 606 g/mol. The molecule has 5 rings (SSSR count). The first kappa shape index (κ1) is 33.2. The third-order valence-corrected chi connectivity index (χ3v) is 8.55. The van der Waals surface area contributed by atoms with E-state index in [4.69, 9.17) is 16.3 Å². The van der Waals surface area contributed by atoms with Crippen LogP contribution in [0.5, 0.6) is 0 Å². The fraction of sp³-hybridized carbons (Fsp3) is 0.353. The molecule has 11 nitrogen and oxygen atoms in total. The minimum atomic E-state index is -0.474. The van der Waals surface area contributed by atoms with Gasteiger partial charge >= 0.3 is 0 Å². The second kappa shape index (κ2) is 14.5. The van der Waals surface area contributed by atoms with Gasteiger partial charge in [-0.3, -0.25) is 14.6 Å². The minimum absolute atomic E-state index is 0.251. The highest BCUT2D eigenvalue weighted by Gasteiger charge is 2.25. The van der Waals surface area contributed by atoms with E-state index in [0.29, 0.717) is 54.0 Å². The number of aliphatic hydroxyl groups excluding tert-OH is 1. The van der Waals surface area contributed by atoms with E-state index in [9.17, 15) is 14.7 Å². The molecule has 2 aromatic carbocycles. The van der Waals surface area contributed by atoms with Crippen LogP contribution in [-0.2, 0) is 37.9 Å². The maximum atomic E-state index is 13.3. The van der Waals surface area contributed by atoms with E-state index in [1.165, 1.54) is 0 Å². The standard InChI is InChI=1S/C34H40ClN7O4/c1-20(43)15-36-16-23-17-37-28(14-22(23)19-46-5)33(44)39-26-10-6-8-24(21(26)2)25-9-7-11-27(31(25)35)40-34(45)32-38-29-18-41(3)13-12-30(29)42(32)4/h6-11,14,17,20,36,43H,12-13,15-16,18-19H2,1-5H3,(H,39,44)(H,40,45)/t20-/m0/s1. The highest BCUT2D eigenvalue weighted by Crippen LogP contribution is 2.37. The summed E-state index contributed by atoms with van der Waals surface area (Å²) in [4.78, 5) is 37.9. The van der Waals surface area contributed by atoms with Gasteiger partial charge in [0, 0.05) is 69.9 Å². The van der Waals surface area contributed by atoms with E-state index >= 15 is 0 Å². The topological polar surface area (TPSA) is 134 Å². The Morgan fingerprint density at radius 1 is 1.07 bits per heavy atom. The molecule has 0 unspecified atom stereocenters.